The number of piperidine rings is 2. The van der Waals surface area contributed by atoms with Crippen molar-refractivity contribution in [3.63, 3.8) is 0 Å². The van der Waals surface area contributed by atoms with Crippen molar-refractivity contribution >= 4 is 11.6 Å². The Bertz CT molecular complexity index is 738. The van der Waals surface area contributed by atoms with Gasteiger partial charge in [-0.15, -0.1) is 10.2 Å². The molecule has 0 N–H and O–H groups in total. The number of pyridine rings is 1. The summed E-state index contributed by atoms with van der Waals surface area (Å²) in [5.74, 6) is 0.0984. The maximum atomic E-state index is 13.1. The van der Waals surface area contributed by atoms with Crippen LogP contribution in [0.15, 0.2) is 24.7 Å². The number of carbonyl (C=O) groups is 1. The Labute approximate surface area is 142 Å². The highest BCUT2D eigenvalue weighted by atomic mass is 16.2. The van der Waals surface area contributed by atoms with Crippen LogP contribution in [0.3, 0.4) is 0 Å². The molecule has 2 aromatic heterocycles. The molecule has 2 aromatic rings. The van der Waals surface area contributed by atoms with Crippen molar-refractivity contribution in [3.05, 3.63) is 30.2 Å². The van der Waals surface area contributed by atoms with Crippen LogP contribution < -0.4 is 0 Å². The summed E-state index contributed by atoms with van der Waals surface area (Å²) >= 11 is 0. The van der Waals surface area contributed by atoms with E-state index in [1.807, 2.05) is 27.6 Å². The molecule has 0 aliphatic carbocycles. The minimum Gasteiger partial charge on any atom is -0.338 e. The van der Waals surface area contributed by atoms with E-state index in [9.17, 15) is 4.79 Å². The van der Waals surface area contributed by atoms with Gasteiger partial charge in [-0.2, -0.15) is 0 Å². The van der Waals surface area contributed by atoms with E-state index in [0.29, 0.717) is 11.2 Å². The predicted octanol–water partition coefficient (Wildman–Crippen LogP) is 2.07. The number of nitrogens with zero attached hydrogens (tertiary/aromatic N) is 5. The molecule has 0 bridgehead atoms. The van der Waals surface area contributed by atoms with Crippen molar-refractivity contribution in [3.8, 4) is 0 Å². The first kappa shape index (κ1) is 15.6. The Kier molecular flexibility index (Phi) is 4.00. The summed E-state index contributed by atoms with van der Waals surface area (Å²) in [5, 5.41) is 8.05. The minimum atomic E-state index is 0.0984. The highest BCUT2D eigenvalue weighted by Crippen LogP contribution is 2.38. The Morgan fingerprint density at radius 3 is 2.92 bits per heavy atom. The first-order valence-electron chi connectivity index (χ1n) is 9.01. The predicted molar refractivity (Wildman–Crippen MR) is 91.9 cm³/mol. The number of amides is 1. The van der Waals surface area contributed by atoms with E-state index in [-0.39, 0.29) is 11.3 Å². The molecule has 6 nitrogen and oxygen atoms in total. The molecule has 24 heavy (non-hydrogen) atoms. The fourth-order valence-corrected chi connectivity index (χ4v) is 4.48. The monoisotopic (exact) mass is 327 g/mol. The van der Waals surface area contributed by atoms with Crippen molar-refractivity contribution < 1.29 is 4.79 Å². The van der Waals surface area contributed by atoms with Crippen LogP contribution in [0.2, 0.25) is 0 Å². The van der Waals surface area contributed by atoms with Gasteiger partial charge in [0.05, 0.1) is 5.56 Å². The van der Waals surface area contributed by atoms with Gasteiger partial charge in [0.15, 0.2) is 5.65 Å². The zero-order chi connectivity index (χ0) is 16.6. The smallest absolute Gasteiger partial charge is 0.257 e. The van der Waals surface area contributed by atoms with Crippen LogP contribution in [0.25, 0.3) is 5.65 Å². The van der Waals surface area contributed by atoms with Crippen LogP contribution in [0, 0.1) is 5.41 Å². The molecule has 0 saturated carbocycles. The lowest BCUT2D eigenvalue weighted by Crippen LogP contribution is -2.53. The molecule has 4 rings (SSSR count). The lowest BCUT2D eigenvalue weighted by atomic mass is 9.73. The zero-order valence-electron chi connectivity index (χ0n) is 14.3. The van der Waals surface area contributed by atoms with Gasteiger partial charge in [-0.1, -0.05) is 6.92 Å². The van der Waals surface area contributed by atoms with E-state index in [1.165, 1.54) is 25.8 Å². The van der Waals surface area contributed by atoms with Gasteiger partial charge in [0.2, 0.25) is 0 Å². The van der Waals surface area contributed by atoms with Crippen molar-refractivity contribution in [2.75, 3.05) is 32.7 Å². The highest BCUT2D eigenvalue weighted by molar-refractivity contribution is 5.99. The third-order valence-electron chi connectivity index (χ3n) is 5.69. The van der Waals surface area contributed by atoms with Crippen LogP contribution in [0.5, 0.6) is 0 Å². The average molecular weight is 327 g/mol. The largest absolute Gasteiger partial charge is 0.338 e. The SMILES string of the molecule is CCN1CCCC2(CCCN(C(=O)c3cccn4cnnc34)C2)C1. The first-order chi connectivity index (χ1) is 11.7. The van der Waals surface area contributed by atoms with E-state index in [1.54, 1.807) is 6.33 Å². The molecular formula is C18H25N5O. The topological polar surface area (TPSA) is 53.7 Å². The maximum Gasteiger partial charge on any atom is 0.257 e. The molecule has 2 aliphatic heterocycles. The molecule has 1 unspecified atom stereocenters. The highest BCUT2D eigenvalue weighted by Gasteiger charge is 2.40. The van der Waals surface area contributed by atoms with E-state index in [2.05, 4.69) is 22.0 Å². The van der Waals surface area contributed by atoms with Gasteiger partial charge in [0.25, 0.3) is 5.91 Å². The Balaban J connectivity index is 1.58. The van der Waals surface area contributed by atoms with E-state index < -0.39 is 0 Å². The van der Waals surface area contributed by atoms with Gasteiger partial charge in [-0.25, -0.2) is 0 Å². The van der Waals surface area contributed by atoms with Crippen molar-refractivity contribution in [2.24, 2.45) is 5.41 Å². The molecule has 1 amide bonds. The van der Waals surface area contributed by atoms with Gasteiger partial charge in [0.1, 0.15) is 6.33 Å². The lowest BCUT2D eigenvalue weighted by molar-refractivity contribution is 0.0153. The summed E-state index contributed by atoms with van der Waals surface area (Å²) in [6.45, 7) is 7.39. The van der Waals surface area contributed by atoms with Crippen LogP contribution >= 0.6 is 0 Å². The van der Waals surface area contributed by atoms with Gasteiger partial charge < -0.3 is 9.80 Å². The standard InChI is InChI=1S/C18H25N5O/c1-2-21-9-4-7-18(12-21)8-5-11-22(13-18)17(24)15-6-3-10-23-14-19-20-16(15)23/h3,6,10,14H,2,4-5,7-9,11-13H2,1H3. The summed E-state index contributed by atoms with van der Waals surface area (Å²) in [4.78, 5) is 17.7. The molecule has 0 aromatic carbocycles. The number of aromatic nitrogens is 3. The summed E-state index contributed by atoms with van der Waals surface area (Å²) in [6.07, 6.45) is 8.34. The van der Waals surface area contributed by atoms with Crippen molar-refractivity contribution in [1.29, 1.82) is 0 Å². The molecule has 1 spiro atoms. The van der Waals surface area contributed by atoms with E-state index >= 15 is 0 Å². The molecule has 6 heteroatoms. The maximum absolute atomic E-state index is 13.1. The van der Waals surface area contributed by atoms with Crippen LogP contribution in [0.1, 0.15) is 43.0 Å². The molecule has 1 atom stereocenters. The molecule has 2 fully saturated rings. The van der Waals surface area contributed by atoms with Crippen LogP contribution in [-0.2, 0) is 0 Å². The third-order valence-corrected chi connectivity index (χ3v) is 5.69. The Hall–Kier alpha value is -1.95. The van der Waals surface area contributed by atoms with E-state index in [4.69, 9.17) is 0 Å². The normalized spacial score (nSPS) is 25.5. The van der Waals surface area contributed by atoms with Gasteiger partial charge >= 0.3 is 0 Å². The number of hydrogen-bond donors (Lipinski definition) is 0. The summed E-state index contributed by atoms with van der Waals surface area (Å²) in [5.41, 5.74) is 1.59. The third kappa shape index (κ3) is 2.69. The summed E-state index contributed by atoms with van der Waals surface area (Å²) in [6, 6.07) is 3.76. The average Bonchev–Trinajstić information content (AvgIpc) is 3.10. The molecule has 0 radical (unpaired) electrons. The summed E-state index contributed by atoms with van der Waals surface area (Å²) in [7, 11) is 0. The van der Waals surface area contributed by atoms with Crippen molar-refractivity contribution in [1.82, 2.24) is 24.4 Å². The molecule has 2 saturated heterocycles. The van der Waals surface area contributed by atoms with Crippen LogP contribution in [-0.4, -0.2) is 63.0 Å². The Morgan fingerprint density at radius 1 is 1.25 bits per heavy atom. The van der Waals surface area contributed by atoms with Gasteiger partial charge in [-0.3, -0.25) is 9.20 Å². The van der Waals surface area contributed by atoms with Crippen molar-refractivity contribution in [2.45, 2.75) is 32.6 Å². The second-order valence-electron chi connectivity index (χ2n) is 7.29. The fraction of sp³-hybridized carbons (Fsp3) is 0.611. The van der Waals surface area contributed by atoms with E-state index in [0.717, 1.165) is 32.6 Å². The molecular weight excluding hydrogens is 302 g/mol. The quantitative estimate of drug-likeness (QED) is 0.847. The first-order valence-corrected chi connectivity index (χ1v) is 9.01. The lowest BCUT2D eigenvalue weighted by Gasteiger charge is -2.48. The molecule has 2 aliphatic rings. The molecule has 4 heterocycles. The Morgan fingerprint density at radius 2 is 2.08 bits per heavy atom. The number of carbonyl (C=O) groups excluding carboxylic acids is 1. The van der Waals surface area contributed by atoms with Gasteiger partial charge in [0, 0.05) is 31.2 Å². The minimum absolute atomic E-state index is 0.0984. The summed E-state index contributed by atoms with van der Waals surface area (Å²) < 4.78 is 1.81. The second kappa shape index (κ2) is 6.16. The van der Waals surface area contributed by atoms with Gasteiger partial charge in [-0.05, 0) is 50.9 Å². The zero-order valence-corrected chi connectivity index (χ0v) is 14.3. The van der Waals surface area contributed by atoms with Crippen LogP contribution in [0.4, 0.5) is 0 Å². The fourth-order valence-electron chi connectivity index (χ4n) is 4.48. The second-order valence-corrected chi connectivity index (χ2v) is 7.29. The number of fused-ring (bicyclic) bond motifs is 1. The number of rotatable bonds is 2. The molecule has 128 valence electrons. The number of hydrogen-bond acceptors (Lipinski definition) is 4. The number of likely N-dealkylation sites (tertiary alicyclic amines) is 2.